The first kappa shape index (κ1) is 13.7. The van der Waals surface area contributed by atoms with E-state index in [0.29, 0.717) is 18.8 Å². The van der Waals surface area contributed by atoms with Crippen molar-refractivity contribution in [1.29, 1.82) is 0 Å². The summed E-state index contributed by atoms with van der Waals surface area (Å²) < 4.78 is 5.35. The smallest absolute Gasteiger partial charge is 0.381 e. The Hall–Kier alpha value is -1.73. The highest BCUT2D eigenvalue weighted by Crippen LogP contribution is 2.31. The molecule has 0 aliphatic carbocycles. The van der Waals surface area contributed by atoms with Gasteiger partial charge in [-0.1, -0.05) is 0 Å². The molecule has 2 heterocycles. The van der Waals surface area contributed by atoms with Gasteiger partial charge in [0.1, 0.15) is 11.9 Å². The third kappa shape index (κ3) is 2.82. The van der Waals surface area contributed by atoms with Gasteiger partial charge in [-0.2, -0.15) is 0 Å². The first-order valence-corrected chi connectivity index (χ1v) is 6.26. The van der Waals surface area contributed by atoms with Crippen LogP contribution in [0.1, 0.15) is 12.8 Å². The zero-order valence-electron chi connectivity index (χ0n) is 10.9. The molecule has 1 aliphatic heterocycles. The predicted molar refractivity (Wildman–Crippen MR) is 71.1 cm³/mol. The average molecular weight is 266 g/mol. The van der Waals surface area contributed by atoms with Crippen LogP contribution in [0.25, 0.3) is 0 Å². The summed E-state index contributed by atoms with van der Waals surface area (Å²) in [5.41, 5.74) is 6.33. The maximum atomic E-state index is 11.0. The third-order valence-electron chi connectivity index (χ3n) is 3.52. The van der Waals surface area contributed by atoms with Crippen molar-refractivity contribution < 1.29 is 9.66 Å². The molecular formula is C12H18N4O3. The number of anilines is 1. The summed E-state index contributed by atoms with van der Waals surface area (Å²) in [7, 11) is 1.68. The fourth-order valence-electron chi connectivity index (χ4n) is 2.52. The standard InChI is InChI=1S/C12H18N4O3/c1-19-10-4-6-15(9(7-10)8-13)11-3-2-5-14-12(11)16(17)18/h2-3,5,9-10H,4,6-8,13H2,1H3. The van der Waals surface area contributed by atoms with Gasteiger partial charge in [0.05, 0.1) is 6.10 Å². The molecule has 19 heavy (non-hydrogen) atoms. The number of hydrogen-bond acceptors (Lipinski definition) is 6. The number of nitrogens with zero attached hydrogens (tertiary/aromatic N) is 3. The van der Waals surface area contributed by atoms with E-state index in [2.05, 4.69) is 4.98 Å². The van der Waals surface area contributed by atoms with Crippen molar-refractivity contribution >= 4 is 11.5 Å². The highest BCUT2D eigenvalue weighted by atomic mass is 16.6. The molecule has 0 radical (unpaired) electrons. The van der Waals surface area contributed by atoms with E-state index in [9.17, 15) is 10.1 Å². The summed E-state index contributed by atoms with van der Waals surface area (Å²) in [6, 6.07) is 3.47. The van der Waals surface area contributed by atoms with Crippen LogP contribution in [0.5, 0.6) is 0 Å². The van der Waals surface area contributed by atoms with Crippen molar-refractivity contribution in [3.8, 4) is 0 Å². The number of rotatable bonds is 4. The van der Waals surface area contributed by atoms with Crippen LogP contribution in [0.3, 0.4) is 0 Å². The summed E-state index contributed by atoms with van der Waals surface area (Å²) in [5.74, 6) is -0.114. The van der Waals surface area contributed by atoms with E-state index in [0.717, 1.165) is 12.8 Å². The predicted octanol–water partition coefficient (Wildman–Crippen LogP) is 0.932. The number of nitrogens with two attached hydrogens (primary N) is 1. The molecular weight excluding hydrogens is 248 g/mol. The summed E-state index contributed by atoms with van der Waals surface area (Å²) in [4.78, 5) is 16.4. The number of methoxy groups -OCH3 is 1. The van der Waals surface area contributed by atoms with Crippen LogP contribution in [0.15, 0.2) is 18.3 Å². The van der Waals surface area contributed by atoms with E-state index < -0.39 is 4.92 Å². The Kier molecular flexibility index (Phi) is 4.28. The molecule has 0 spiro atoms. The molecule has 1 aromatic heterocycles. The second kappa shape index (κ2) is 5.94. The summed E-state index contributed by atoms with van der Waals surface area (Å²) in [5, 5.41) is 11.0. The number of nitro groups is 1. The molecule has 1 aromatic rings. The number of hydrogen-bond donors (Lipinski definition) is 1. The van der Waals surface area contributed by atoms with Gasteiger partial charge in [0, 0.05) is 26.2 Å². The lowest BCUT2D eigenvalue weighted by Gasteiger charge is -2.39. The molecule has 0 amide bonds. The lowest BCUT2D eigenvalue weighted by atomic mass is 9.98. The molecule has 0 bridgehead atoms. The van der Waals surface area contributed by atoms with Crippen molar-refractivity contribution in [2.45, 2.75) is 25.0 Å². The fourth-order valence-corrected chi connectivity index (χ4v) is 2.52. The number of piperidine rings is 1. The first-order valence-electron chi connectivity index (χ1n) is 6.26. The number of ether oxygens (including phenoxy) is 1. The van der Waals surface area contributed by atoms with Gasteiger partial charge in [-0.25, -0.2) is 0 Å². The molecule has 1 fully saturated rings. The fraction of sp³-hybridized carbons (Fsp3) is 0.583. The minimum absolute atomic E-state index is 0.0431. The maximum Gasteiger partial charge on any atom is 0.387 e. The van der Waals surface area contributed by atoms with E-state index in [1.165, 1.54) is 6.20 Å². The van der Waals surface area contributed by atoms with Gasteiger partial charge in [-0.3, -0.25) is 0 Å². The SMILES string of the molecule is COC1CCN(c2cccnc2[N+](=O)[O-])C(CN)C1. The molecule has 0 aromatic carbocycles. The van der Waals surface area contributed by atoms with E-state index in [1.807, 2.05) is 4.90 Å². The van der Waals surface area contributed by atoms with E-state index in [-0.39, 0.29) is 18.0 Å². The maximum absolute atomic E-state index is 11.0. The summed E-state index contributed by atoms with van der Waals surface area (Å²) in [6.07, 6.45) is 3.21. The highest BCUT2D eigenvalue weighted by molar-refractivity contribution is 5.60. The molecule has 2 rings (SSSR count). The first-order chi connectivity index (χ1) is 9.17. The second-order valence-corrected chi connectivity index (χ2v) is 4.57. The topological polar surface area (TPSA) is 94.5 Å². The zero-order chi connectivity index (χ0) is 13.8. The summed E-state index contributed by atoms with van der Waals surface area (Å²) >= 11 is 0. The van der Waals surface area contributed by atoms with E-state index in [1.54, 1.807) is 19.2 Å². The van der Waals surface area contributed by atoms with Gasteiger partial charge < -0.3 is 25.5 Å². The zero-order valence-corrected chi connectivity index (χ0v) is 10.9. The van der Waals surface area contributed by atoms with Crippen LogP contribution >= 0.6 is 0 Å². The van der Waals surface area contributed by atoms with Crippen LogP contribution in [0.2, 0.25) is 0 Å². The van der Waals surface area contributed by atoms with Crippen LogP contribution in [0.4, 0.5) is 11.5 Å². The van der Waals surface area contributed by atoms with Crippen molar-refractivity contribution in [2.75, 3.05) is 25.1 Å². The third-order valence-corrected chi connectivity index (χ3v) is 3.52. The van der Waals surface area contributed by atoms with Gasteiger partial charge in [-0.15, -0.1) is 0 Å². The normalized spacial score (nSPS) is 23.4. The molecule has 1 saturated heterocycles. The van der Waals surface area contributed by atoms with Gasteiger partial charge in [-0.05, 0) is 34.9 Å². The summed E-state index contributed by atoms with van der Waals surface area (Å²) in [6.45, 7) is 1.12. The molecule has 2 N–H and O–H groups in total. The van der Waals surface area contributed by atoms with Crippen molar-refractivity contribution in [3.63, 3.8) is 0 Å². The molecule has 1 aliphatic rings. The van der Waals surface area contributed by atoms with Crippen molar-refractivity contribution in [1.82, 2.24) is 4.98 Å². The molecule has 104 valence electrons. The van der Waals surface area contributed by atoms with Gasteiger partial charge in [0.15, 0.2) is 0 Å². The molecule has 2 unspecified atom stereocenters. The Morgan fingerprint density at radius 2 is 2.47 bits per heavy atom. The van der Waals surface area contributed by atoms with Crippen LogP contribution in [0, 0.1) is 10.1 Å². The minimum Gasteiger partial charge on any atom is -0.381 e. The van der Waals surface area contributed by atoms with Crippen LogP contribution in [-0.4, -0.2) is 42.3 Å². The Labute approximate surface area is 111 Å². The second-order valence-electron chi connectivity index (χ2n) is 4.57. The molecule has 2 atom stereocenters. The number of pyridine rings is 1. The Morgan fingerprint density at radius 3 is 3.11 bits per heavy atom. The lowest BCUT2D eigenvalue weighted by Crippen LogP contribution is -2.49. The van der Waals surface area contributed by atoms with Crippen LogP contribution in [-0.2, 0) is 4.74 Å². The Morgan fingerprint density at radius 1 is 1.68 bits per heavy atom. The van der Waals surface area contributed by atoms with Gasteiger partial charge in [0.2, 0.25) is 0 Å². The average Bonchev–Trinajstić information content (AvgIpc) is 2.46. The lowest BCUT2D eigenvalue weighted by molar-refractivity contribution is -0.388. The largest absolute Gasteiger partial charge is 0.387 e. The quantitative estimate of drug-likeness (QED) is 0.643. The van der Waals surface area contributed by atoms with E-state index in [4.69, 9.17) is 10.5 Å². The molecule has 7 heteroatoms. The van der Waals surface area contributed by atoms with Crippen molar-refractivity contribution in [3.05, 3.63) is 28.4 Å². The van der Waals surface area contributed by atoms with E-state index >= 15 is 0 Å². The Balaban J connectivity index is 2.28. The van der Waals surface area contributed by atoms with Crippen molar-refractivity contribution in [2.24, 2.45) is 5.73 Å². The number of aromatic nitrogens is 1. The molecule has 0 saturated carbocycles. The van der Waals surface area contributed by atoms with Gasteiger partial charge in [0.25, 0.3) is 0 Å². The minimum atomic E-state index is -0.453. The Bertz CT molecular complexity index is 454. The highest BCUT2D eigenvalue weighted by Gasteiger charge is 2.31. The monoisotopic (exact) mass is 266 g/mol. The van der Waals surface area contributed by atoms with Gasteiger partial charge >= 0.3 is 5.82 Å². The van der Waals surface area contributed by atoms with Crippen LogP contribution < -0.4 is 10.6 Å². The molecule has 7 nitrogen and oxygen atoms in total.